The van der Waals surface area contributed by atoms with Crippen LogP contribution in [0.4, 0.5) is 0 Å². The molecule has 4 rings (SSSR count). The fourth-order valence-electron chi connectivity index (χ4n) is 9.01. The molecule has 0 aromatic carbocycles. The highest BCUT2D eigenvalue weighted by atomic mass is 32.2. The van der Waals surface area contributed by atoms with E-state index < -0.39 is 34.0 Å². The van der Waals surface area contributed by atoms with Crippen LogP contribution >= 0.6 is 0 Å². The summed E-state index contributed by atoms with van der Waals surface area (Å²) in [5.41, 5.74) is -0.283. The van der Waals surface area contributed by atoms with Crippen LogP contribution in [0.5, 0.6) is 0 Å². The van der Waals surface area contributed by atoms with E-state index in [1.807, 2.05) is 0 Å². The van der Waals surface area contributed by atoms with Crippen molar-refractivity contribution in [2.75, 3.05) is 12.4 Å². The van der Waals surface area contributed by atoms with Gasteiger partial charge in [0, 0.05) is 6.42 Å². The summed E-state index contributed by atoms with van der Waals surface area (Å²) < 4.78 is 35.3. The molecule has 0 spiro atoms. The van der Waals surface area contributed by atoms with Crippen LogP contribution in [0, 0.1) is 46.3 Å². The van der Waals surface area contributed by atoms with Crippen molar-refractivity contribution in [3.63, 3.8) is 0 Å². The normalized spacial score (nSPS) is 46.3. The molecule has 4 aliphatic rings. The second-order valence-corrected chi connectivity index (χ2v) is 14.1. The highest BCUT2D eigenvalue weighted by molar-refractivity contribution is 7.85. The van der Waals surface area contributed by atoms with Crippen LogP contribution in [-0.4, -0.2) is 64.9 Å². The van der Waals surface area contributed by atoms with Gasteiger partial charge in [-0.1, -0.05) is 20.8 Å². The number of aliphatic hydroxyl groups is 3. The van der Waals surface area contributed by atoms with Gasteiger partial charge in [-0.15, -0.1) is 0 Å². The largest absolute Gasteiger partial charge is 0.464 e. The first-order valence-corrected chi connectivity index (χ1v) is 15.0. The maximum Gasteiger partial charge on any atom is 0.305 e. The molecule has 4 fully saturated rings. The first-order chi connectivity index (χ1) is 16.3. The summed E-state index contributed by atoms with van der Waals surface area (Å²) in [6, 6.07) is 0. The van der Waals surface area contributed by atoms with Gasteiger partial charge >= 0.3 is 5.97 Å². The molecule has 0 bridgehead atoms. The van der Waals surface area contributed by atoms with E-state index >= 15 is 0 Å². The first kappa shape index (κ1) is 27.3. The number of fused-ring (bicyclic) bond motifs is 5. The Hall–Kier alpha value is -0.740. The fourth-order valence-corrected chi connectivity index (χ4v) is 9.31. The molecule has 202 valence electrons. The molecule has 0 aromatic heterocycles. The predicted molar refractivity (Wildman–Crippen MR) is 130 cm³/mol. The third-order valence-electron chi connectivity index (χ3n) is 10.9. The molecule has 9 heteroatoms. The van der Waals surface area contributed by atoms with Crippen molar-refractivity contribution in [3.05, 3.63) is 0 Å². The van der Waals surface area contributed by atoms with Crippen molar-refractivity contribution in [2.45, 2.75) is 96.9 Å². The minimum absolute atomic E-state index is 0.0426. The number of aliphatic hydroxyl groups excluding tert-OH is 3. The summed E-state index contributed by atoms with van der Waals surface area (Å²) in [5, 5.41) is 33.2. The van der Waals surface area contributed by atoms with Crippen LogP contribution in [0.3, 0.4) is 0 Å². The van der Waals surface area contributed by atoms with E-state index in [0.717, 1.165) is 38.5 Å². The molecule has 0 amide bonds. The predicted octanol–water partition coefficient (Wildman–Crippen LogP) is 2.80. The Balaban J connectivity index is 1.43. The van der Waals surface area contributed by atoms with Crippen molar-refractivity contribution in [2.24, 2.45) is 46.3 Å². The molecule has 3 unspecified atom stereocenters. The summed E-state index contributed by atoms with van der Waals surface area (Å²) in [7, 11) is -4.16. The highest BCUT2D eigenvalue weighted by Crippen LogP contribution is 2.68. The van der Waals surface area contributed by atoms with E-state index in [0.29, 0.717) is 18.8 Å². The standard InChI is InChI=1S/C26H44O8S/c1-15(4-7-23(30)34-10-11-35(31,32)33)18-5-6-19-24-20(14-22(29)26(18,19)3)25(2)9-8-17(27)12-16(25)13-21(24)28/h15-22,24,27-29H,4-14H2,1-3H3,(H,31,32,33)/t15-,16+,17-,18-,19?,20?,21-,22+,24?,25+,26-/m1/s1. The second kappa shape index (κ2) is 9.86. The van der Waals surface area contributed by atoms with E-state index in [1.54, 1.807) is 0 Å². The van der Waals surface area contributed by atoms with E-state index in [9.17, 15) is 28.5 Å². The number of hydrogen-bond donors (Lipinski definition) is 4. The molecule has 0 aromatic rings. The van der Waals surface area contributed by atoms with Gasteiger partial charge in [0.2, 0.25) is 0 Å². The number of rotatable bonds is 7. The summed E-state index contributed by atoms with van der Waals surface area (Å²) in [6.07, 6.45) is 5.39. The van der Waals surface area contributed by atoms with E-state index in [2.05, 4.69) is 20.8 Å². The number of carbonyl (C=O) groups excluding carboxylic acids is 1. The lowest BCUT2D eigenvalue weighted by molar-refractivity contribution is -0.207. The Bertz CT molecular complexity index is 892. The summed E-state index contributed by atoms with van der Waals surface area (Å²) in [6.45, 7) is 6.26. The lowest BCUT2D eigenvalue weighted by atomic mass is 9.43. The number of hydrogen-bond acceptors (Lipinski definition) is 7. The van der Waals surface area contributed by atoms with Crippen molar-refractivity contribution >= 4 is 16.1 Å². The van der Waals surface area contributed by atoms with Gasteiger partial charge in [0.25, 0.3) is 10.1 Å². The van der Waals surface area contributed by atoms with Gasteiger partial charge in [-0.25, -0.2) is 0 Å². The Morgan fingerprint density at radius 2 is 1.77 bits per heavy atom. The zero-order chi connectivity index (χ0) is 25.8. The van der Waals surface area contributed by atoms with Crippen LogP contribution < -0.4 is 0 Å². The van der Waals surface area contributed by atoms with Gasteiger partial charge < -0.3 is 20.1 Å². The average Bonchev–Trinajstić information content (AvgIpc) is 3.12. The van der Waals surface area contributed by atoms with Crippen molar-refractivity contribution < 1.29 is 37.8 Å². The molecule has 4 aliphatic carbocycles. The molecule has 11 atom stereocenters. The Labute approximate surface area is 209 Å². The van der Waals surface area contributed by atoms with Crippen LogP contribution in [0.1, 0.15) is 78.6 Å². The van der Waals surface area contributed by atoms with Gasteiger partial charge in [-0.2, -0.15) is 8.42 Å². The number of ether oxygens (including phenoxy) is 1. The molecule has 0 saturated heterocycles. The third kappa shape index (κ3) is 5.05. The zero-order valence-electron chi connectivity index (χ0n) is 21.3. The monoisotopic (exact) mass is 516 g/mol. The SMILES string of the molecule is C[C@H](CCC(=O)OCCS(=O)(=O)O)[C@H]1CCC2C3C(C[C@H](O)[C@@]21C)[C@@]1(C)CC[C@@H](O)C[C@H]1C[C@H]3O. The minimum atomic E-state index is -4.16. The lowest BCUT2D eigenvalue weighted by Crippen LogP contribution is -2.62. The first-order valence-electron chi connectivity index (χ1n) is 13.4. The van der Waals surface area contributed by atoms with Gasteiger partial charge in [-0.05, 0) is 97.7 Å². The third-order valence-corrected chi connectivity index (χ3v) is 11.6. The molecule has 4 saturated carbocycles. The maximum atomic E-state index is 12.1. The molecule has 35 heavy (non-hydrogen) atoms. The molecule has 4 N–H and O–H groups in total. The van der Waals surface area contributed by atoms with Crippen molar-refractivity contribution in [1.82, 2.24) is 0 Å². The summed E-state index contributed by atoms with van der Waals surface area (Å²) >= 11 is 0. The molecule has 8 nitrogen and oxygen atoms in total. The van der Waals surface area contributed by atoms with Crippen LogP contribution in [0.2, 0.25) is 0 Å². The van der Waals surface area contributed by atoms with Gasteiger partial charge in [0.1, 0.15) is 12.4 Å². The van der Waals surface area contributed by atoms with Gasteiger partial charge in [0.05, 0.1) is 18.3 Å². The number of carbonyl (C=O) groups is 1. The van der Waals surface area contributed by atoms with E-state index in [-0.39, 0.29) is 59.6 Å². The average molecular weight is 517 g/mol. The zero-order valence-corrected chi connectivity index (χ0v) is 22.1. The van der Waals surface area contributed by atoms with Gasteiger partial charge in [0.15, 0.2) is 0 Å². The van der Waals surface area contributed by atoms with E-state index in [1.165, 1.54) is 0 Å². The van der Waals surface area contributed by atoms with E-state index in [4.69, 9.17) is 9.29 Å². The van der Waals surface area contributed by atoms with Crippen molar-refractivity contribution in [1.29, 1.82) is 0 Å². The Morgan fingerprint density at radius 3 is 2.46 bits per heavy atom. The van der Waals surface area contributed by atoms with Crippen LogP contribution in [-0.2, 0) is 19.6 Å². The Kier molecular flexibility index (Phi) is 7.69. The quantitative estimate of drug-likeness (QED) is 0.299. The molecule has 0 radical (unpaired) electrons. The summed E-state index contributed by atoms with van der Waals surface area (Å²) in [5.74, 6) is 0.231. The topological polar surface area (TPSA) is 141 Å². The van der Waals surface area contributed by atoms with Gasteiger partial charge in [-0.3, -0.25) is 9.35 Å². The maximum absolute atomic E-state index is 12.1. The fraction of sp³-hybridized carbons (Fsp3) is 0.962. The smallest absolute Gasteiger partial charge is 0.305 e. The van der Waals surface area contributed by atoms with Crippen LogP contribution in [0.25, 0.3) is 0 Å². The van der Waals surface area contributed by atoms with Crippen LogP contribution in [0.15, 0.2) is 0 Å². The molecule has 0 aliphatic heterocycles. The lowest BCUT2D eigenvalue weighted by Gasteiger charge is -2.63. The molecular formula is C26H44O8S. The number of esters is 1. The molecular weight excluding hydrogens is 472 g/mol. The van der Waals surface area contributed by atoms with Crippen molar-refractivity contribution in [3.8, 4) is 0 Å². The second-order valence-electron chi connectivity index (χ2n) is 12.5. The Morgan fingerprint density at radius 1 is 1.06 bits per heavy atom. The molecule has 0 heterocycles. The highest BCUT2D eigenvalue weighted by Gasteiger charge is 2.65. The summed E-state index contributed by atoms with van der Waals surface area (Å²) in [4.78, 5) is 12.1. The minimum Gasteiger partial charge on any atom is -0.464 e.